The molecule has 3 heterocycles. The lowest BCUT2D eigenvalue weighted by molar-refractivity contribution is 0.661. The molecule has 1 aliphatic heterocycles. The summed E-state index contributed by atoms with van der Waals surface area (Å²) < 4.78 is 4.93. The van der Waals surface area contributed by atoms with Gasteiger partial charge in [-0.1, -0.05) is 142 Å². The van der Waals surface area contributed by atoms with Gasteiger partial charge >= 0.3 is 0 Å². The summed E-state index contributed by atoms with van der Waals surface area (Å²) in [6.45, 7) is 7.85. The fraction of sp³-hybridized carbons (Fsp3) is 0.103. The van der Waals surface area contributed by atoms with Crippen LogP contribution < -0.4 is 4.90 Å². The third-order valence-corrected chi connectivity index (χ3v) is 13.5. The second-order valence-corrected chi connectivity index (χ2v) is 17.4. The van der Waals surface area contributed by atoms with Crippen molar-refractivity contribution >= 4 is 60.6 Å². The molecule has 1 atom stereocenters. The Morgan fingerprint density at radius 1 is 0.475 bits per heavy atom. The minimum atomic E-state index is -0.0938. The minimum Gasteiger partial charge on any atom is -0.337 e. The summed E-state index contributed by atoms with van der Waals surface area (Å²) in [5, 5.41) is 5.04. The van der Waals surface area contributed by atoms with Gasteiger partial charge in [-0.15, -0.1) is 0 Å². The van der Waals surface area contributed by atoms with Crippen molar-refractivity contribution in [3.05, 3.63) is 222 Å². The molecule has 0 N–H and O–H groups in total. The van der Waals surface area contributed by atoms with Crippen molar-refractivity contribution in [2.24, 2.45) is 0 Å². The molecule has 10 aromatic rings. The summed E-state index contributed by atoms with van der Waals surface area (Å²) in [4.78, 5) is 2.43. The summed E-state index contributed by atoms with van der Waals surface area (Å²) in [6, 6.07) is 67.4. The monoisotopic (exact) mass is 783 g/mol. The lowest BCUT2D eigenvalue weighted by atomic mass is 9.82. The van der Waals surface area contributed by atoms with Crippen LogP contribution in [0.3, 0.4) is 0 Å². The fourth-order valence-electron chi connectivity index (χ4n) is 10.6. The zero-order chi connectivity index (χ0) is 40.8. The van der Waals surface area contributed by atoms with Crippen LogP contribution in [-0.4, -0.2) is 15.7 Å². The van der Waals surface area contributed by atoms with E-state index in [0.717, 1.165) is 17.9 Å². The molecule has 0 amide bonds. The first-order chi connectivity index (χ1) is 29.9. The van der Waals surface area contributed by atoms with Crippen molar-refractivity contribution in [1.29, 1.82) is 0 Å². The van der Waals surface area contributed by atoms with E-state index in [0.29, 0.717) is 0 Å². The molecule has 0 radical (unpaired) electrons. The highest BCUT2D eigenvalue weighted by Gasteiger charge is 2.36. The minimum absolute atomic E-state index is 0.0938. The molecule has 0 bridgehead atoms. The van der Waals surface area contributed by atoms with Gasteiger partial charge in [0.25, 0.3) is 0 Å². The molecule has 8 aromatic carbocycles. The normalized spacial score (nSPS) is 17.1. The van der Waals surface area contributed by atoms with E-state index in [-0.39, 0.29) is 11.3 Å². The highest BCUT2D eigenvalue weighted by Crippen LogP contribution is 2.51. The van der Waals surface area contributed by atoms with Gasteiger partial charge in [-0.25, -0.2) is 0 Å². The first-order valence-corrected chi connectivity index (χ1v) is 21.6. The summed E-state index contributed by atoms with van der Waals surface area (Å²) in [7, 11) is 0. The van der Waals surface area contributed by atoms with Gasteiger partial charge in [-0.05, 0) is 118 Å². The maximum Gasteiger partial charge on any atom is 0.0544 e. The van der Waals surface area contributed by atoms with Crippen LogP contribution in [0, 0.1) is 0 Å². The molecular weight excluding hydrogens is 739 g/mol. The van der Waals surface area contributed by atoms with Gasteiger partial charge in [0.05, 0.1) is 22.1 Å². The highest BCUT2D eigenvalue weighted by atomic mass is 15.1. The van der Waals surface area contributed by atoms with E-state index in [2.05, 4.69) is 235 Å². The standard InChI is InChI=1S/C58H45N3/c1-38-33-39(17-16-32-59(41-18-6-4-7-19-41)53-26-14-11-22-44(38)53)40-28-30-55-48(34-40)49-35-43(29-31-56(49)60(55)42-20-8-5-9-21-42)61-54-27-15-12-24-46(54)50-36-47-45-23-10-13-25-51(45)58(2,3)52(47)37-57(50)61/h4-31,33-38H,32H2,1-3H3/b17-16-,39-33+. The molecule has 61 heavy (non-hydrogen) atoms. The Hall–Kier alpha value is -7.36. The molecule has 0 fully saturated rings. The van der Waals surface area contributed by atoms with Crippen LogP contribution in [0.4, 0.5) is 11.4 Å². The average Bonchev–Trinajstić information content (AvgIpc) is 3.90. The molecule has 292 valence electrons. The molecule has 0 saturated carbocycles. The predicted octanol–water partition coefficient (Wildman–Crippen LogP) is 15.1. The molecule has 1 aliphatic carbocycles. The predicted molar refractivity (Wildman–Crippen MR) is 258 cm³/mol. The smallest absolute Gasteiger partial charge is 0.0544 e. The molecule has 0 spiro atoms. The first-order valence-electron chi connectivity index (χ1n) is 21.6. The lowest BCUT2D eigenvalue weighted by Crippen LogP contribution is -2.18. The lowest BCUT2D eigenvalue weighted by Gasteiger charge is -2.27. The van der Waals surface area contributed by atoms with Crippen LogP contribution in [0.1, 0.15) is 48.9 Å². The Labute approximate surface area is 356 Å². The Kier molecular flexibility index (Phi) is 7.92. The van der Waals surface area contributed by atoms with Crippen LogP contribution in [0.25, 0.3) is 71.7 Å². The van der Waals surface area contributed by atoms with E-state index in [9.17, 15) is 0 Å². The largest absolute Gasteiger partial charge is 0.337 e. The number of anilines is 2. The molecule has 12 rings (SSSR count). The van der Waals surface area contributed by atoms with Crippen molar-refractivity contribution in [3.8, 4) is 22.5 Å². The van der Waals surface area contributed by atoms with Crippen molar-refractivity contribution in [3.63, 3.8) is 0 Å². The van der Waals surface area contributed by atoms with E-state index in [1.54, 1.807) is 0 Å². The summed E-state index contributed by atoms with van der Waals surface area (Å²) in [5.74, 6) is 0.197. The number of aromatic nitrogens is 2. The summed E-state index contributed by atoms with van der Waals surface area (Å²) >= 11 is 0. The van der Waals surface area contributed by atoms with E-state index < -0.39 is 0 Å². The Morgan fingerprint density at radius 2 is 1.11 bits per heavy atom. The summed E-state index contributed by atoms with van der Waals surface area (Å²) in [6.07, 6.45) is 7.10. The SMILES string of the molecule is CC1/C=C(c2ccc3c(c2)c2cc(-n4c5ccccc5c5cc6c(cc54)C(C)(C)c4ccccc4-6)ccc2n3-c2ccccc2)\C=C/CN(c2ccccc2)c2ccccc21. The number of hydrogen-bond donors (Lipinski definition) is 0. The van der Waals surface area contributed by atoms with Gasteiger partial charge in [-0.3, -0.25) is 0 Å². The quantitative estimate of drug-likeness (QED) is 0.173. The number of para-hydroxylation sites is 4. The second-order valence-electron chi connectivity index (χ2n) is 17.4. The van der Waals surface area contributed by atoms with Gasteiger partial charge < -0.3 is 14.0 Å². The average molecular weight is 784 g/mol. The number of nitrogens with zero attached hydrogens (tertiary/aromatic N) is 3. The van der Waals surface area contributed by atoms with Crippen LogP contribution >= 0.6 is 0 Å². The Bertz CT molecular complexity index is 3430. The molecule has 3 nitrogen and oxygen atoms in total. The fourth-order valence-corrected chi connectivity index (χ4v) is 10.6. The third kappa shape index (κ3) is 5.43. The maximum absolute atomic E-state index is 2.50. The van der Waals surface area contributed by atoms with Gasteiger partial charge in [0.15, 0.2) is 0 Å². The summed E-state index contributed by atoms with van der Waals surface area (Å²) in [5.41, 5.74) is 18.8. The van der Waals surface area contributed by atoms with Gasteiger partial charge in [0, 0.05) is 62.2 Å². The van der Waals surface area contributed by atoms with Gasteiger partial charge in [0.1, 0.15) is 0 Å². The van der Waals surface area contributed by atoms with Crippen molar-refractivity contribution in [1.82, 2.24) is 9.13 Å². The molecule has 2 aliphatic rings. The van der Waals surface area contributed by atoms with Gasteiger partial charge in [-0.2, -0.15) is 0 Å². The van der Waals surface area contributed by atoms with Gasteiger partial charge in [0.2, 0.25) is 0 Å². The molecular formula is C58H45N3. The van der Waals surface area contributed by atoms with E-state index in [1.807, 2.05) is 0 Å². The van der Waals surface area contributed by atoms with E-state index in [4.69, 9.17) is 0 Å². The van der Waals surface area contributed by atoms with Crippen molar-refractivity contribution < 1.29 is 0 Å². The first kappa shape index (κ1) is 35.6. The maximum atomic E-state index is 2.50. The number of benzene rings is 8. The second kappa shape index (κ2) is 13.6. The van der Waals surface area contributed by atoms with E-state index >= 15 is 0 Å². The number of rotatable bonds is 4. The molecule has 1 unspecified atom stereocenters. The topological polar surface area (TPSA) is 13.1 Å². The molecule has 0 saturated heterocycles. The van der Waals surface area contributed by atoms with Crippen LogP contribution in [0.5, 0.6) is 0 Å². The Morgan fingerprint density at radius 3 is 1.95 bits per heavy atom. The number of allylic oxidation sites excluding steroid dienone is 3. The van der Waals surface area contributed by atoms with Crippen molar-refractivity contribution in [2.45, 2.75) is 32.1 Å². The van der Waals surface area contributed by atoms with Crippen LogP contribution in [0.2, 0.25) is 0 Å². The number of fused-ring (bicyclic) bond motifs is 10. The Balaban J connectivity index is 1.06. The highest BCUT2D eigenvalue weighted by molar-refractivity contribution is 6.14. The zero-order valence-electron chi connectivity index (χ0n) is 34.7. The van der Waals surface area contributed by atoms with Crippen LogP contribution in [0.15, 0.2) is 200 Å². The number of hydrogen-bond acceptors (Lipinski definition) is 1. The van der Waals surface area contributed by atoms with Crippen LogP contribution in [-0.2, 0) is 5.41 Å². The zero-order valence-corrected chi connectivity index (χ0v) is 34.7. The third-order valence-electron chi connectivity index (χ3n) is 13.5. The molecule has 3 heteroatoms. The molecule has 2 aromatic heterocycles. The van der Waals surface area contributed by atoms with E-state index in [1.165, 1.54) is 93.9 Å². The van der Waals surface area contributed by atoms with Crippen molar-refractivity contribution in [2.75, 3.05) is 11.4 Å².